The maximum atomic E-state index is 13.1. The van der Waals surface area contributed by atoms with Gasteiger partial charge in [0, 0.05) is 37.6 Å². The molecule has 0 saturated carbocycles. The van der Waals surface area contributed by atoms with E-state index in [0.717, 1.165) is 36.7 Å². The molecule has 1 atom stereocenters. The molecule has 0 unspecified atom stereocenters. The monoisotopic (exact) mass is 470 g/mol. The molecule has 0 aliphatic carbocycles. The van der Waals surface area contributed by atoms with Crippen molar-refractivity contribution in [2.45, 2.75) is 17.2 Å². The minimum Gasteiger partial charge on any atom is -0.455 e. The third-order valence-corrected chi connectivity index (χ3v) is 7.07. The molecular formula is C24H23FN2O5S. The molecule has 2 aliphatic rings. The van der Waals surface area contributed by atoms with Gasteiger partial charge in [0.25, 0.3) is 5.91 Å². The van der Waals surface area contributed by atoms with Crippen LogP contribution in [0.2, 0.25) is 0 Å². The Kier molecular flexibility index (Phi) is 6.15. The average molecular weight is 471 g/mol. The first-order valence-corrected chi connectivity index (χ1v) is 12.0. The molecule has 3 aromatic rings. The summed E-state index contributed by atoms with van der Waals surface area (Å²) in [6.45, 7) is 3.74. The van der Waals surface area contributed by atoms with E-state index < -0.39 is 10.8 Å². The van der Waals surface area contributed by atoms with E-state index in [4.69, 9.17) is 13.9 Å². The SMILES string of the molecule is O=C(c1ccc(C[S@](=O)c2ccc(F)cc2)o1)N1CCN(Cc2ccc3c(c2)OCO3)CC1. The van der Waals surface area contributed by atoms with Gasteiger partial charge in [0.1, 0.15) is 11.6 Å². The van der Waals surface area contributed by atoms with Gasteiger partial charge in [0.05, 0.1) is 16.6 Å². The number of benzene rings is 2. The molecule has 2 aromatic carbocycles. The highest BCUT2D eigenvalue weighted by atomic mass is 32.2. The second-order valence-corrected chi connectivity index (χ2v) is 9.42. The number of fused-ring (bicyclic) bond motifs is 1. The zero-order valence-electron chi connectivity index (χ0n) is 17.9. The molecule has 1 fully saturated rings. The topological polar surface area (TPSA) is 72.2 Å². The van der Waals surface area contributed by atoms with Gasteiger partial charge < -0.3 is 18.8 Å². The molecule has 1 aromatic heterocycles. The fourth-order valence-corrected chi connectivity index (χ4v) is 4.95. The van der Waals surface area contributed by atoms with Gasteiger partial charge in [0.2, 0.25) is 6.79 Å². The predicted octanol–water partition coefficient (Wildman–Crippen LogP) is 3.41. The summed E-state index contributed by atoms with van der Waals surface area (Å²) in [5, 5.41) is 0. The Hall–Kier alpha value is -3.17. The Balaban J connectivity index is 1.14. The Labute approximate surface area is 193 Å². The highest BCUT2D eigenvalue weighted by molar-refractivity contribution is 7.84. The van der Waals surface area contributed by atoms with Crippen LogP contribution in [-0.4, -0.2) is 52.9 Å². The molecule has 7 nitrogen and oxygen atoms in total. The van der Waals surface area contributed by atoms with Crippen molar-refractivity contribution in [3.63, 3.8) is 0 Å². The molecule has 2 aliphatic heterocycles. The summed E-state index contributed by atoms with van der Waals surface area (Å²) in [5.41, 5.74) is 1.14. The number of piperazine rings is 1. The lowest BCUT2D eigenvalue weighted by molar-refractivity contribution is 0.0596. The van der Waals surface area contributed by atoms with Gasteiger partial charge in [-0.1, -0.05) is 6.07 Å². The first kappa shape index (κ1) is 21.7. The van der Waals surface area contributed by atoms with E-state index >= 15 is 0 Å². The van der Waals surface area contributed by atoms with Crippen molar-refractivity contribution in [3.8, 4) is 11.5 Å². The van der Waals surface area contributed by atoms with Gasteiger partial charge in [0.15, 0.2) is 17.3 Å². The lowest BCUT2D eigenvalue weighted by atomic mass is 10.1. The maximum absolute atomic E-state index is 13.1. The molecule has 1 amide bonds. The van der Waals surface area contributed by atoms with Crippen LogP contribution >= 0.6 is 0 Å². The minimum absolute atomic E-state index is 0.127. The largest absolute Gasteiger partial charge is 0.455 e. The first-order valence-electron chi connectivity index (χ1n) is 10.7. The van der Waals surface area contributed by atoms with E-state index in [9.17, 15) is 13.4 Å². The zero-order chi connectivity index (χ0) is 22.8. The number of halogens is 1. The fourth-order valence-electron chi connectivity index (χ4n) is 3.93. The van der Waals surface area contributed by atoms with Gasteiger partial charge in [-0.3, -0.25) is 13.9 Å². The summed E-state index contributed by atoms with van der Waals surface area (Å²) < 4.78 is 42.0. The Morgan fingerprint density at radius 3 is 2.48 bits per heavy atom. The molecule has 3 heterocycles. The van der Waals surface area contributed by atoms with Crippen molar-refractivity contribution in [2.75, 3.05) is 33.0 Å². The number of furan rings is 1. The van der Waals surface area contributed by atoms with E-state index in [1.165, 1.54) is 24.3 Å². The van der Waals surface area contributed by atoms with Crippen LogP contribution < -0.4 is 9.47 Å². The van der Waals surface area contributed by atoms with Crippen molar-refractivity contribution >= 4 is 16.7 Å². The second kappa shape index (κ2) is 9.36. The van der Waals surface area contributed by atoms with Crippen LogP contribution in [0, 0.1) is 5.82 Å². The smallest absolute Gasteiger partial charge is 0.289 e. The van der Waals surface area contributed by atoms with Crippen LogP contribution in [0.3, 0.4) is 0 Å². The van der Waals surface area contributed by atoms with Gasteiger partial charge >= 0.3 is 0 Å². The van der Waals surface area contributed by atoms with E-state index in [0.29, 0.717) is 23.7 Å². The van der Waals surface area contributed by atoms with Gasteiger partial charge in [-0.25, -0.2) is 4.39 Å². The third kappa shape index (κ3) is 4.94. The van der Waals surface area contributed by atoms with Crippen LogP contribution in [0.25, 0.3) is 0 Å². The molecule has 0 spiro atoms. The number of hydrogen-bond donors (Lipinski definition) is 0. The molecule has 5 rings (SSSR count). The molecule has 9 heteroatoms. The standard InChI is InChI=1S/C24H23FN2O5S/c25-18-2-5-20(6-3-18)33(29)15-19-4-8-22(32-19)24(28)27-11-9-26(10-12-27)14-17-1-7-21-23(13-17)31-16-30-21/h1-8,13H,9-12,14-16H2/t33-/m0/s1. The Morgan fingerprint density at radius 2 is 1.70 bits per heavy atom. The Morgan fingerprint density at radius 1 is 0.939 bits per heavy atom. The van der Waals surface area contributed by atoms with Gasteiger partial charge in [-0.05, 0) is 54.1 Å². The normalized spacial score (nSPS) is 16.7. The van der Waals surface area contributed by atoms with Crippen molar-refractivity contribution in [1.82, 2.24) is 9.80 Å². The highest BCUT2D eigenvalue weighted by Crippen LogP contribution is 2.32. The second-order valence-electron chi connectivity index (χ2n) is 7.97. The van der Waals surface area contributed by atoms with Gasteiger partial charge in [-0.2, -0.15) is 0 Å². The predicted molar refractivity (Wildman–Crippen MR) is 119 cm³/mol. The summed E-state index contributed by atoms with van der Waals surface area (Å²) in [6.07, 6.45) is 0. The average Bonchev–Trinajstić information content (AvgIpc) is 3.49. The molecule has 0 N–H and O–H groups in total. The minimum atomic E-state index is -1.38. The van der Waals surface area contributed by atoms with Crippen molar-refractivity contribution < 1.29 is 27.3 Å². The number of ether oxygens (including phenoxy) is 2. The number of amides is 1. The highest BCUT2D eigenvalue weighted by Gasteiger charge is 2.25. The number of carbonyl (C=O) groups is 1. The molecule has 33 heavy (non-hydrogen) atoms. The zero-order valence-corrected chi connectivity index (χ0v) is 18.7. The van der Waals surface area contributed by atoms with Crippen LogP contribution in [0.1, 0.15) is 21.9 Å². The summed E-state index contributed by atoms with van der Waals surface area (Å²) in [5.74, 6) is 1.83. The summed E-state index contributed by atoms with van der Waals surface area (Å²) in [7, 11) is -1.38. The van der Waals surface area contributed by atoms with E-state index in [2.05, 4.69) is 4.90 Å². The molecular weight excluding hydrogens is 447 g/mol. The van der Waals surface area contributed by atoms with E-state index in [1.807, 2.05) is 18.2 Å². The molecule has 1 saturated heterocycles. The molecule has 0 radical (unpaired) electrons. The quantitative estimate of drug-likeness (QED) is 0.550. The van der Waals surface area contributed by atoms with Crippen molar-refractivity contribution in [1.29, 1.82) is 0 Å². The Bertz CT molecular complexity index is 1170. The molecule has 172 valence electrons. The van der Waals surface area contributed by atoms with E-state index in [-0.39, 0.29) is 30.0 Å². The van der Waals surface area contributed by atoms with Crippen LogP contribution in [-0.2, 0) is 23.1 Å². The third-order valence-electron chi connectivity index (χ3n) is 5.72. The number of carbonyl (C=O) groups excluding carboxylic acids is 1. The van der Waals surface area contributed by atoms with Crippen molar-refractivity contribution in [2.24, 2.45) is 0 Å². The lowest BCUT2D eigenvalue weighted by Gasteiger charge is -2.34. The maximum Gasteiger partial charge on any atom is 0.289 e. The summed E-state index contributed by atoms with van der Waals surface area (Å²) in [4.78, 5) is 17.4. The first-order chi connectivity index (χ1) is 16.0. The molecule has 0 bridgehead atoms. The van der Waals surface area contributed by atoms with Crippen LogP contribution in [0.15, 0.2) is 63.9 Å². The number of hydrogen-bond acceptors (Lipinski definition) is 6. The van der Waals surface area contributed by atoms with E-state index in [1.54, 1.807) is 17.0 Å². The van der Waals surface area contributed by atoms with Crippen molar-refractivity contribution in [3.05, 3.63) is 77.5 Å². The van der Waals surface area contributed by atoms with Crippen LogP contribution in [0.4, 0.5) is 4.39 Å². The summed E-state index contributed by atoms with van der Waals surface area (Å²) >= 11 is 0. The van der Waals surface area contributed by atoms with Crippen LogP contribution in [0.5, 0.6) is 11.5 Å². The van der Waals surface area contributed by atoms with Gasteiger partial charge in [-0.15, -0.1) is 0 Å². The lowest BCUT2D eigenvalue weighted by Crippen LogP contribution is -2.48. The fraction of sp³-hybridized carbons (Fsp3) is 0.292. The summed E-state index contributed by atoms with van der Waals surface area (Å²) in [6, 6.07) is 14.8. The number of rotatable bonds is 6. The number of nitrogens with zero attached hydrogens (tertiary/aromatic N) is 2.